The maximum atomic E-state index is 12.7. The van der Waals surface area contributed by atoms with Gasteiger partial charge in [0.15, 0.2) is 0 Å². The Kier molecular flexibility index (Phi) is 5.09. The number of hydrogen-bond donors (Lipinski definition) is 0. The third-order valence-corrected chi connectivity index (χ3v) is 4.55. The van der Waals surface area contributed by atoms with Crippen molar-refractivity contribution in [3.63, 3.8) is 0 Å². The number of halogens is 2. The summed E-state index contributed by atoms with van der Waals surface area (Å²) in [4.78, 5) is 16.8. The summed E-state index contributed by atoms with van der Waals surface area (Å²) in [6.45, 7) is 1.77. The molecule has 1 aromatic rings. The van der Waals surface area contributed by atoms with Crippen molar-refractivity contribution >= 4 is 40.1 Å². The van der Waals surface area contributed by atoms with Gasteiger partial charge in [-0.2, -0.15) is 0 Å². The van der Waals surface area contributed by atoms with Crippen molar-refractivity contribution in [2.45, 2.75) is 18.9 Å². The first-order chi connectivity index (χ1) is 8.99. The highest BCUT2D eigenvalue weighted by atomic mass is 127. The number of amides is 1. The Morgan fingerprint density at radius 1 is 1.53 bits per heavy atom. The lowest BCUT2D eigenvalue weighted by Crippen LogP contribution is -2.41. The molecule has 0 spiro atoms. The van der Waals surface area contributed by atoms with Gasteiger partial charge in [0.2, 0.25) is 0 Å². The van der Waals surface area contributed by atoms with Crippen LogP contribution in [0.3, 0.4) is 0 Å². The van der Waals surface area contributed by atoms with Gasteiger partial charge in [0.1, 0.15) is 0 Å². The number of benzene rings is 1. The Labute approximate surface area is 133 Å². The summed E-state index contributed by atoms with van der Waals surface area (Å²) in [5.41, 5.74) is 0.721. The van der Waals surface area contributed by atoms with Crippen molar-refractivity contribution in [2.24, 2.45) is 0 Å². The lowest BCUT2D eigenvalue weighted by atomic mass is 10.1. The smallest absolute Gasteiger partial charge is 0.255 e. The molecule has 1 fully saturated rings. The Bertz CT molecular complexity index is 479. The number of carbonyl (C=O) groups excluding carboxylic acids is 1. The molecule has 0 aliphatic carbocycles. The van der Waals surface area contributed by atoms with Gasteiger partial charge in [-0.3, -0.25) is 4.79 Å². The van der Waals surface area contributed by atoms with E-state index in [2.05, 4.69) is 27.5 Å². The molecule has 19 heavy (non-hydrogen) atoms. The largest absolute Gasteiger partial charge is 0.334 e. The molecule has 0 N–H and O–H groups in total. The molecule has 3 nitrogen and oxygen atoms in total. The summed E-state index contributed by atoms with van der Waals surface area (Å²) in [6.07, 6.45) is 2.17. The lowest BCUT2D eigenvalue weighted by Gasteiger charge is -2.27. The Balaban J connectivity index is 2.20. The fourth-order valence-electron chi connectivity index (χ4n) is 2.53. The molecule has 0 saturated carbocycles. The van der Waals surface area contributed by atoms with Crippen LogP contribution in [0.2, 0.25) is 5.02 Å². The normalized spacial score (nSPS) is 19.2. The predicted molar refractivity (Wildman–Crippen MR) is 86.8 cm³/mol. The fraction of sp³-hybridized carbons (Fsp3) is 0.500. The molecule has 1 amide bonds. The summed E-state index contributed by atoms with van der Waals surface area (Å²) < 4.78 is 0.961. The van der Waals surface area contributed by atoms with Crippen LogP contribution in [0, 0.1) is 3.57 Å². The molecule has 1 unspecified atom stereocenters. The van der Waals surface area contributed by atoms with Crippen LogP contribution in [0.15, 0.2) is 18.2 Å². The van der Waals surface area contributed by atoms with Crippen molar-refractivity contribution in [1.29, 1.82) is 0 Å². The molecule has 5 heteroatoms. The van der Waals surface area contributed by atoms with Crippen molar-refractivity contribution in [3.05, 3.63) is 32.4 Å². The Morgan fingerprint density at radius 2 is 2.26 bits per heavy atom. The van der Waals surface area contributed by atoms with Crippen LogP contribution in [-0.2, 0) is 0 Å². The zero-order valence-electron chi connectivity index (χ0n) is 11.2. The Morgan fingerprint density at radius 3 is 2.95 bits per heavy atom. The molecule has 1 aliphatic heterocycles. The zero-order chi connectivity index (χ0) is 14.0. The molecule has 1 saturated heterocycles. The van der Waals surface area contributed by atoms with Gasteiger partial charge in [-0.25, -0.2) is 0 Å². The van der Waals surface area contributed by atoms with Crippen molar-refractivity contribution < 1.29 is 4.79 Å². The summed E-state index contributed by atoms with van der Waals surface area (Å²) in [6, 6.07) is 5.81. The van der Waals surface area contributed by atoms with E-state index in [4.69, 9.17) is 11.6 Å². The topological polar surface area (TPSA) is 23.6 Å². The molecule has 104 valence electrons. The number of likely N-dealkylation sites (tertiary alicyclic amines) is 1. The third-order valence-electron chi connectivity index (χ3n) is 3.37. The van der Waals surface area contributed by atoms with Crippen LogP contribution in [0.25, 0.3) is 0 Å². The van der Waals surface area contributed by atoms with Crippen LogP contribution < -0.4 is 0 Å². The molecule has 1 aromatic carbocycles. The van der Waals surface area contributed by atoms with Crippen LogP contribution in [0.5, 0.6) is 0 Å². The summed E-state index contributed by atoms with van der Waals surface area (Å²) in [5, 5.41) is 0.618. The van der Waals surface area contributed by atoms with Crippen molar-refractivity contribution in [2.75, 3.05) is 27.2 Å². The number of rotatable bonds is 3. The van der Waals surface area contributed by atoms with E-state index in [1.54, 1.807) is 6.07 Å². The van der Waals surface area contributed by atoms with E-state index in [9.17, 15) is 4.79 Å². The van der Waals surface area contributed by atoms with E-state index < -0.39 is 0 Å². The second-order valence-corrected chi connectivity index (χ2v) is 6.78. The third kappa shape index (κ3) is 3.61. The van der Waals surface area contributed by atoms with Gasteiger partial charge in [-0.1, -0.05) is 11.6 Å². The van der Waals surface area contributed by atoms with Crippen molar-refractivity contribution in [3.8, 4) is 0 Å². The van der Waals surface area contributed by atoms with Gasteiger partial charge in [0.05, 0.1) is 5.56 Å². The highest BCUT2D eigenvalue weighted by molar-refractivity contribution is 14.1. The van der Waals surface area contributed by atoms with Crippen LogP contribution in [0.4, 0.5) is 0 Å². The standard InChI is InChI=1S/C14H18ClIN2O/c1-17(2)9-11-4-3-7-18(11)14(19)12-8-10(15)5-6-13(12)16/h5-6,8,11H,3-4,7,9H2,1-2H3. The maximum Gasteiger partial charge on any atom is 0.255 e. The molecule has 1 aliphatic rings. The second kappa shape index (κ2) is 6.41. The quantitative estimate of drug-likeness (QED) is 0.738. The summed E-state index contributed by atoms with van der Waals surface area (Å²) >= 11 is 8.20. The number of nitrogens with zero attached hydrogens (tertiary/aromatic N) is 2. The Hall–Kier alpha value is -0.330. The number of carbonyl (C=O) groups is 1. The molecule has 1 heterocycles. The SMILES string of the molecule is CN(C)CC1CCCN1C(=O)c1cc(Cl)ccc1I. The number of likely N-dealkylation sites (N-methyl/N-ethyl adjacent to an activating group) is 1. The minimum atomic E-state index is 0.108. The first-order valence-electron chi connectivity index (χ1n) is 6.40. The van der Waals surface area contributed by atoms with Gasteiger partial charge >= 0.3 is 0 Å². The highest BCUT2D eigenvalue weighted by Crippen LogP contribution is 2.24. The molecule has 0 bridgehead atoms. The van der Waals surface area contributed by atoms with Gasteiger partial charge < -0.3 is 9.80 Å². The molecule has 0 aromatic heterocycles. The molecule has 1 atom stereocenters. The van der Waals surface area contributed by atoms with Gasteiger partial charge in [-0.15, -0.1) is 0 Å². The van der Waals surface area contributed by atoms with Gasteiger partial charge in [-0.05, 0) is 67.7 Å². The zero-order valence-corrected chi connectivity index (χ0v) is 14.1. The molecule has 2 rings (SSSR count). The minimum Gasteiger partial charge on any atom is -0.334 e. The van der Waals surface area contributed by atoms with E-state index >= 15 is 0 Å². The maximum absolute atomic E-state index is 12.7. The van der Waals surface area contributed by atoms with Gasteiger partial charge in [0, 0.05) is 27.7 Å². The van der Waals surface area contributed by atoms with E-state index in [0.717, 1.165) is 35.1 Å². The predicted octanol–water partition coefficient (Wildman–Crippen LogP) is 3.11. The van der Waals surface area contributed by atoms with E-state index in [1.165, 1.54) is 0 Å². The van der Waals surface area contributed by atoms with Crippen LogP contribution in [0.1, 0.15) is 23.2 Å². The van der Waals surface area contributed by atoms with Gasteiger partial charge in [0.25, 0.3) is 5.91 Å². The molecule has 0 radical (unpaired) electrons. The van der Waals surface area contributed by atoms with Crippen LogP contribution in [-0.4, -0.2) is 48.9 Å². The van der Waals surface area contributed by atoms with E-state index in [-0.39, 0.29) is 5.91 Å². The first-order valence-corrected chi connectivity index (χ1v) is 7.85. The van der Waals surface area contributed by atoms with E-state index in [0.29, 0.717) is 11.1 Å². The first kappa shape index (κ1) is 15.1. The minimum absolute atomic E-state index is 0.108. The highest BCUT2D eigenvalue weighted by Gasteiger charge is 2.30. The second-order valence-electron chi connectivity index (χ2n) is 5.18. The average molecular weight is 393 g/mol. The molecular weight excluding hydrogens is 375 g/mol. The van der Waals surface area contributed by atoms with Crippen LogP contribution >= 0.6 is 34.2 Å². The monoisotopic (exact) mass is 392 g/mol. The lowest BCUT2D eigenvalue weighted by molar-refractivity contribution is 0.0715. The fourth-order valence-corrected chi connectivity index (χ4v) is 3.27. The van der Waals surface area contributed by atoms with Crippen molar-refractivity contribution in [1.82, 2.24) is 9.80 Å². The summed E-state index contributed by atoms with van der Waals surface area (Å²) in [5.74, 6) is 0.108. The summed E-state index contributed by atoms with van der Waals surface area (Å²) in [7, 11) is 4.09. The number of hydrogen-bond acceptors (Lipinski definition) is 2. The van der Waals surface area contributed by atoms with E-state index in [1.807, 2.05) is 31.1 Å². The molecular formula is C14H18ClIN2O. The average Bonchev–Trinajstić information content (AvgIpc) is 2.78.